The molecule has 3 nitrogen and oxygen atoms in total. The smallest absolute Gasteiger partial charge is 0.368 e. The molecule has 0 aliphatic carbocycles. The molecule has 2 radical (unpaired) electrons. The SMILES string of the molecule is [B]C1OC2CO[P+](CC)=NC2C1(C)Cl. The fourth-order valence-electron chi connectivity index (χ4n) is 1.75. The van der Waals surface area contributed by atoms with Crippen molar-refractivity contribution < 1.29 is 9.26 Å². The molecule has 0 aromatic rings. The fourth-order valence-corrected chi connectivity index (χ4v) is 3.46. The van der Waals surface area contributed by atoms with Gasteiger partial charge < -0.3 is 4.74 Å². The Bertz CT molecular complexity index is 274. The Balaban J connectivity index is 2.25. The molecule has 5 unspecified atom stereocenters. The highest BCUT2D eigenvalue weighted by molar-refractivity contribution is 7.41. The van der Waals surface area contributed by atoms with Gasteiger partial charge in [0.05, 0.1) is 4.87 Å². The van der Waals surface area contributed by atoms with Crippen LogP contribution >= 0.6 is 19.5 Å². The largest absolute Gasteiger partial charge is 0.378 e. The Hall–Kier alpha value is 0.375. The molecule has 0 N–H and O–H groups in total. The summed E-state index contributed by atoms with van der Waals surface area (Å²) in [5.41, 5.74) is 0. The van der Waals surface area contributed by atoms with Gasteiger partial charge in [-0.25, -0.2) is 0 Å². The minimum atomic E-state index is -0.674. The monoisotopic (exact) mass is 232 g/mol. The van der Waals surface area contributed by atoms with E-state index in [2.05, 4.69) is 11.7 Å². The van der Waals surface area contributed by atoms with Gasteiger partial charge in [-0.1, -0.05) is 4.74 Å². The molecular weight excluding hydrogens is 219 g/mol. The first-order valence-corrected chi connectivity index (χ1v) is 6.54. The van der Waals surface area contributed by atoms with E-state index in [0.29, 0.717) is 6.61 Å². The van der Waals surface area contributed by atoms with Crippen LogP contribution in [-0.4, -0.2) is 43.6 Å². The maximum absolute atomic E-state index is 6.32. The molecule has 2 rings (SSSR count). The molecule has 0 aromatic carbocycles. The van der Waals surface area contributed by atoms with E-state index in [9.17, 15) is 0 Å². The molecule has 1 saturated heterocycles. The van der Waals surface area contributed by atoms with Crippen LogP contribution in [0.1, 0.15) is 13.8 Å². The molecule has 6 heteroatoms. The average Bonchev–Trinajstić information content (AvgIpc) is 2.38. The summed E-state index contributed by atoms with van der Waals surface area (Å²) in [7, 11) is 5.12. The minimum Gasteiger partial charge on any atom is -0.378 e. The van der Waals surface area contributed by atoms with Crippen LogP contribution in [0.3, 0.4) is 0 Å². The van der Waals surface area contributed by atoms with Crippen LogP contribution in [0.2, 0.25) is 0 Å². The Morgan fingerprint density at radius 2 is 2.43 bits per heavy atom. The van der Waals surface area contributed by atoms with Gasteiger partial charge in [0.25, 0.3) is 0 Å². The van der Waals surface area contributed by atoms with E-state index in [1.165, 1.54) is 0 Å². The Labute approximate surface area is 91.5 Å². The van der Waals surface area contributed by atoms with Gasteiger partial charge in [-0.3, -0.25) is 0 Å². The lowest BCUT2D eigenvalue weighted by atomic mass is 9.84. The predicted molar refractivity (Wildman–Crippen MR) is 58.3 cm³/mol. The van der Waals surface area contributed by atoms with Crippen molar-refractivity contribution in [1.82, 2.24) is 0 Å². The molecular formula is C8H13BClNO2P+. The number of ether oxygens (including phenoxy) is 1. The first-order valence-electron chi connectivity index (χ1n) is 4.77. The lowest BCUT2D eigenvalue weighted by molar-refractivity contribution is 0.0439. The standard InChI is InChI=1S/C8H13BClNO2P/c1-3-14-11-6-5(4-12-14)13-7(9)8(6,2)10/h5-7H,3-4H2,1-2H3/q+1. The lowest BCUT2D eigenvalue weighted by Gasteiger charge is -2.23. The predicted octanol–water partition coefficient (Wildman–Crippen LogP) is 1.88. The molecule has 1 fully saturated rings. The summed E-state index contributed by atoms with van der Waals surface area (Å²) in [6.07, 6.45) is 0.874. The van der Waals surface area contributed by atoms with Gasteiger partial charge in [0, 0.05) is 6.00 Å². The van der Waals surface area contributed by atoms with Gasteiger partial charge in [0.2, 0.25) is 0 Å². The Kier molecular flexibility index (Phi) is 2.91. The summed E-state index contributed by atoms with van der Waals surface area (Å²) >= 11 is 6.32. The van der Waals surface area contributed by atoms with Gasteiger partial charge >= 0.3 is 7.94 Å². The quantitative estimate of drug-likeness (QED) is 0.393. The zero-order chi connectivity index (χ0) is 10.3. The van der Waals surface area contributed by atoms with Gasteiger partial charge in [0.1, 0.15) is 26.6 Å². The number of rotatable bonds is 1. The van der Waals surface area contributed by atoms with E-state index in [4.69, 9.17) is 28.7 Å². The molecule has 14 heavy (non-hydrogen) atoms. The molecule has 76 valence electrons. The van der Waals surface area contributed by atoms with Crippen molar-refractivity contribution in [1.29, 1.82) is 0 Å². The van der Waals surface area contributed by atoms with E-state index in [0.717, 1.165) is 6.16 Å². The van der Waals surface area contributed by atoms with E-state index < -0.39 is 18.8 Å². The third-order valence-corrected chi connectivity index (χ3v) is 4.65. The summed E-state index contributed by atoms with van der Waals surface area (Å²) < 4.78 is 15.6. The highest BCUT2D eigenvalue weighted by atomic mass is 35.5. The maximum atomic E-state index is 6.32. The minimum absolute atomic E-state index is 0.0148. The van der Waals surface area contributed by atoms with Gasteiger partial charge in [-0.15, -0.1) is 11.6 Å². The summed E-state index contributed by atoms with van der Waals surface area (Å²) in [5.74, 6) is 0. The topological polar surface area (TPSA) is 30.8 Å². The second-order valence-electron chi connectivity index (χ2n) is 3.77. The van der Waals surface area contributed by atoms with Crippen LogP contribution in [0.5, 0.6) is 0 Å². The van der Waals surface area contributed by atoms with Crippen LogP contribution in [-0.2, 0) is 9.26 Å². The van der Waals surface area contributed by atoms with Crippen molar-refractivity contribution in [3.8, 4) is 0 Å². The summed E-state index contributed by atoms with van der Waals surface area (Å²) in [5, 5.41) is 0. The fraction of sp³-hybridized carbons (Fsp3) is 1.00. The highest BCUT2D eigenvalue weighted by Crippen LogP contribution is 2.45. The van der Waals surface area contributed by atoms with Crippen LogP contribution in [0.15, 0.2) is 4.74 Å². The summed E-state index contributed by atoms with van der Waals surface area (Å²) in [4.78, 5) is -0.579. The number of nitrogens with zero attached hydrogens (tertiary/aromatic N) is 1. The van der Waals surface area contributed by atoms with Crippen molar-refractivity contribution in [2.75, 3.05) is 12.8 Å². The lowest BCUT2D eigenvalue weighted by Crippen LogP contribution is -2.40. The van der Waals surface area contributed by atoms with Crippen molar-refractivity contribution >= 4 is 27.4 Å². The molecule has 0 spiro atoms. The Morgan fingerprint density at radius 3 is 3.07 bits per heavy atom. The molecule has 2 aliphatic rings. The number of hydrogen-bond acceptors (Lipinski definition) is 3. The highest BCUT2D eigenvalue weighted by Gasteiger charge is 2.54. The third-order valence-electron chi connectivity index (χ3n) is 2.72. The van der Waals surface area contributed by atoms with Crippen LogP contribution in [0.25, 0.3) is 0 Å². The second kappa shape index (κ2) is 3.75. The summed E-state index contributed by atoms with van der Waals surface area (Å²) in [6, 6.07) is -0.461. The van der Waals surface area contributed by atoms with Gasteiger partial charge in [-0.05, 0) is 13.8 Å². The number of hydrogen-bond donors (Lipinski definition) is 0. The molecule has 5 atom stereocenters. The maximum Gasteiger partial charge on any atom is 0.368 e. The van der Waals surface area contributed by atoms with Gasteiger partial charge in [-0.2, -0.15) is 4.52 Å². The first-order chi connectivity index (χ1) is 6.55. The molecule has 2 aliphatic heterocycles. The molecule has 2 heterocycles. The number of alkyl halides is 1. The van der Waals surface area contributed by atoms with E-state index in [1.807, 2.05) is 6.92 Å². The van der Waals surface area contributed by atoms with Crippen molar-refractivity contribution in [3.63, 3.8) is 0 Å². The van der Waals surface area contributed by atoms with Crippen molar-refractivity contribution in [2.45, 2.75) is 36.9 Å². The average molecular weight is 232 g/mol. The Morgan fingerprint density at radius 1 is 1.71 bits per heavy atom. The first kappa shape index (κ1) is 10.9. The molecule has 0 bridgehead atoms. The van der Waals surface area contributed by atoms with Crippen LogP contribution in [0, 0.1) is 0 Å². The van der Waals surface area contributed by atoms with E-state index in [-0.39, 0.29) is 12.1 Å². The van der Waals surface area contributed by atoms with E-state index in [1.54, 1.807) is 0 Å². The van der Waals surface area contributed by atoms with Crippen molar-refractivity contribution in [2.24, 2.45) is 4.74 Å². The third kappa shape index (κ3) is 1.63. The zero-order valence-corrected chi connectivity index (χ0v) is 9.96. The summed E-state index contributed by atoms with van der Waals surface area (Å²) in [6.45, 7) is 4.53. The van der Waals surface area contributed by atoms with Crippen LogP contribution in [0.4, 0.5) is 0 Å². The van der Waals surface area contributed by atoms with E-state index >= 15 is 0 Å². The normalized spacial score (nSPS) is 49.9. The molecule has 0 aromatic heterocycles. The number of fused-ring (bicyclic) bond motifs is 1. The number of halogens is 1. The van der Waals surface area contributed by atoms with Gasteiger partial charge in [0.15, 0.2) is 6.16 Å². The molecule has 0 saturated carbocycles. The molecule has 0 amide bonds. The van der Waals surface area contributed by atoms with Crippen molar-refractivity contribution in [3.05, 3.63) is 0 Å². The zero-order valence-electron chi connectivity index (χ0n) is 8.31. The van der Waals surface area contributed by atoms with Crippen LogP contribution < -0.4 is 0 Å². The second-order valence-corrected chi connectivity index (χ2v) is 6.41.